The van der Waals surface area contributed by atoms with E-state index in [4.69, 9.17) is 4.74 Å². The molecule has 9 heteroatoms. The zero-order chi connectivity index (χ0) is 22.9. The van der Waals surface area contributed by atoms with Crippen LogP contribution in [-0.2, 0) is 14.3 Å². The van der Waals surface area contributed by atoms with Gasteiger partial charge in [0, 0.05) is 16.8 Å². The Balaban J connectivity index is 1.35. The number of amides is 3. The third kappa shape index (κ3) is 3.97. The fourth-order valence-electron chi connectivity index (χ4n) is 4.05. The molecule has 1 fully saturated rings. The number of fused-ring (bicyclic) bond motifs is 2. The second kappa shape index (κ2) is 8.27. The van der Waals surface area contributed by atoms with E-state index in [1.54, 1.807) is 55.5 Å². The van der Waals surface area contributed by atoms with Gasteiger partial charge in [-0.1, -0.05) is 30.4 Å². The largest absolute Gasteiger partial charge is 0.481 e. The van der Waals surface area contributed by atoms with E-state index in [0.717, 1.165) is 0 Å². The van der Waals surface area contributed by atoms with Crippen LogP contribution in [0.2, 0.25) is 0 Å². The average molecular weight is 435 g/mol. The molecule has 0 spiro atoms. The molecule has 2 aromatic rings. The summed E-state index contributed by atoms with van der Waals surface area (Å²) in [6, 6.07) is 14.8. The van der Waals surface area contributed by atoms with Crippen LogP contribution >= 0.6 is 0 Å². The fourth-order valence-corrected chi connectivity index (χ4v) is 4.05. The van der Waals surface area contributed by atoms with E-state index < -0.39 is 41.3 Å². The highest BCUT2D eigenvalue weighted by Crippen LogP contribution is 2.46. The molecule has 32 heavy (non-hydrogen) atoms. The van der Waals surface area contributed by atoms with Crippen LogP contribution in [0.25, 0.3) is 0 Å². The van der Waals surface area contributed by atoms with Crippen LogP contribution in [0.4, 0.5) is 5.69 Å². The lowest BCUT2D eigenvalue weighted by atomic mass is 9.76. The number of carbonyl (C=O) groups excluding carboxylic acids is 3. The number of carboxylic acids is 1. The standard InChI is InChI=1S/C23H21N3O6/c1-23-12-11-16(32-23)17(22(30)31)18(23)21(29)26-25-20(28)14-7-9-15(10-8-14)24-19(27)13-5-3-2-4-6-13/h2-12,16-18H,1H3,(H,24,27)(H,25,28)(H,26,29)(H,30,31)/t16-,17+,18+,23+/m1/s1. The number of hydrogen-bond donors (Lipinski definition) is 4. The summed E-state index contributed by atoms with van der Waals surface area (Å²) in [6.45, 7) is 1.64. The highest BCUT2D eigenvalue weighted by molar-refractivity contribution is 6.04. The summed E-state index contributed by atoms with van der Waals surface area (Å²) in [7, 11) is 0. The number of ether oxygens (including phenoxy) is 1. The first kappa shape index (κ1) is 21.3. The number of hydrogen-bond acceptors (Lipinski definition) is 5. The maximum atomic E-state index is 12.7. The maximum absolute atomic E-state index is 12.7. The summed E-state index contributed by atoms with van der Waals surface area (Å²) in [6.07, 6.45) is 2.63. The first-order chi connectivity index (χ1) is 15.3. The van der Waals surface area contributed by atoms with Crippen molar-refractivity contribution in [1.82, 2.24) is 10.9 Å². The van der Waals surface area contributed by atoms with E-state index in [0.29, 0.717) is 11.3 Å². The third-order valence-electron chi connectivity index (χ3n) is 5.65. The van der Waals surface area contributed by atoms with Gasteiger partial charge in [0.05, 0.1) is 17.6 Å². The summed E-state index contributed by atoms with van der Waals surface area (Å²) < 4.78 is 5.64. The van der Waals surface area contributed by atoms with E-state index in [2.05, 4.69) is 16.2 Å². The lowest BCUT2D eigenvalue weighted by Crippen LogP contribution is -2.52. The molecule has 164 valence electrons. The summed E-state index contributed by atoms with van der Waals surface area (Å²) in [5.74, 6) is -4.66. The Morgan fingerprint density at radius 3 is 2.22 bits per heavy atom. The molecule has 4 N–H and O–H groups in total. The Hall–Kier alpha value is -3.98. The predicted molar refractivity (Wildman–Crippen MR) is 113 cm³/mol. The van der Waals surface area contributed by atoms with Crippen LogP contribution in [0, 0.1) is 11.8 Å². The molecular weight excluding hydrogens is 414 g/mol. The quantitative estimate of drug-likeness (QED) is 0.418. The number of anilines is 1. The highest BCUT2D eigenvalue weighted by Gasteiger charge is 2.59. The lowest BCUT2D eigenvalue weighted by molar-refractivity contribution is -0.147. The predicted octanol–water partition coefficient (Wildman–Crippen LogP) is 1.74. The van der Waals surface area contributed by atoms with Crippen LogP contribution < -0.4 is 16.2 Å². The van der Waals surface area contributed by atoms with Crippen molar-refractivity contribution in [2.75, 3.05) is 5.32 Å². The van der Waals surface area contributed by atoms with Gasteiger partial charge in [-0.15, -0.1) is 0 Å². The third-order valence-corrected chi connectivity index (χ3v) is 5.65. The minimum atomic E-state index is -1.14. The summed E-state index contributed by atoms with van der Waals surface area (Å²) in [5.41, 5.74) is 4.81. The second-order valence-electron chi connectivity index (χ2n) is 7.81. The van der Waals surface area contributed by atoms with Gasteiger partial charge < -0.3 is 15.2 Å². The number of benzene rings is 2. The Morgan fingerprint density at radius 2 is 1.56 bits per heavy atom. The molecular formula is C23H21N3O6. The van der Waals surface area contributed by atoms with Gasteiger partial charge >= 0.3 is 5.97 Å². The van der Waals surface area contributed by atoms with Gasteiger partial charge in [0.15, 0.2) is 0 Å². The molecule has 2 aliphatic rings. The van der Waals surface area contributed by atoms with Crippen LogP contribution in [0.5, 0.6) is 0 Å². The first-order valence-electron chi connectivity index (χ1n) is 9.95. The maximum Gasteiger partial charge on any atom is 0.310 e. The smallest absolute Gasteiger partial charge is 0.310 e. The van der Waals surface area contributed by atoms with Gasteiger partial charge in [0.2, 0.25) is 5.91 Å². The Morgan fingerprint density at radius 1 is 0.906 bits per heavy atom. The Kier molecular flexibility index (Phi) is 5.50. The molecule has 3 amide bonds. The van der Waals surface area contributed by atoms with Crippen LogP contribution in [0.3, 0.4) is 0 Å². The molecule has 2 heterocycles. The summed E-state index contributed by atoms with van der Waals surface area (Å²) >= 11 is 0. The van der Waals surface area contributed by atoms with Gasteiger partial charge in [-0.3, -0.25) is 30.0 Å². The monoisotopic (exact) mass is 435 g/mol. The van der Waals surface area contributed by atoms with E-state index in [1.807, 2.05) is 6.07 Å². The number of aliphatic carboxylic acids is 1. The molecule has 0 saturated carbocycles. The number of carboxylic acid groups (broad SMARTS) is 1. The molecule has 0 aliphatic carbocycles. The van der Waals surface area contributed by atoms with Gasteiger partial charge in [0.1, 0.15) is 5.92 Å². The molecule has 2 aromatic carbocycles. The van der Waals surface area contributed by atoms with E-state index >= 15 is 0 Å². The zero-order valence-electron chi connectivity index (χ0n) is 17.1. The number of nitrogens with one attached hydrogen (secondary N) is 3. The van der Waals surface area contributed by atoms with E-state index in [1.165, 1.54) is 12.1 Å². The van der Waals surface area contributed by atoms with Crippen molar-refractivity contribution in [3.05, 3.63) is 77.9 Å². The Bertz CT molecular complexity index is 1100. The van der Waals surface area contributed by atoms with Gasteiger partial charge in [-0.05, 0) is 43.3 Å². The molecule has 4 atom stereocenters. The number of rotatable bonds is 5. The average Bonchev–Trinajstić information content (AvgIpc) is 3.32. The van der Waals surface area contributed by atoms with Crippen LogP contribution in [0.15, 0.2) is 66.7 Å². The normalized spacial score (nSPS) is 25.2. The van der Waals surface area contributed by atoms with Gasteiger partial charge in [-0.2, -0.15) is 0 Å². The van der Waals surface area contributed by atoms with Crippen LogP contribution in [-0.4, -0.2) is 40.5 Å². The summed E-state index contributed by atoms with van der Waals surface area (Å²) in [4.78, 5) is 48.8. The molecule has 9 nitrogen and oxygen atoms in total. The van der Waals surface area contributed by atoms with Crippen molar-refractivity contribution in [3.8, 4) is 0 Å². The molecule has 2 bridgehead atoms. The van der Waals surface area contributed by atoms with Crippen molar-refractivity contribution in [1.29, 1.82) is 0 Å². The van der Waals surface area contributed by atoms with Crippen LogP contribution in [0.1, 0.15) is 27.6 Å². The van der Waals surface area contributed by atoms with Gasteiger partial charge in [0.25, 0.3) is 11.8 Å². The number of carbonyl (C=O) groups is 4. The topological polar surface area (TPSA) is 134 Å². The molecule has 1 saturated heterocycles. The fraction of sp³-hybridized carbons (Fsp3) is 0.217. The van der Waals surface area contributed by atoms with Crippen molar-refractivity contribution in [2.24, 2.45) is 11.8 Å². The van der Waals surface area contributed by atoms with Crippen molar-refractivity contribution < 1.29 is 29.0 Å². The first-order valence-corrected chi connectivity index (χ1v) is 9.95. The Labute approximate surface area is 183 Å². The summed E-state index contributed by atoms with van der Waals surface area (Å²) in [5, 5.41) is 12.2. The van der Waals surface area contributed by atoms with Gasteiger partial charge in [-0.25, -0.2) is 0 Å². The molecule has 0 aromatic heterocycles. The van der Waals surface area contributed by atoms with Crippen molar-refractivity contribution >= 4 is 29.4 Å². The molecule has 2 aliphatic heterocycles. The number of hydrazine groups is 1. The van der Waals surface area contributed by atoms with E-state index in [-0.39, 0.29) is 11.5 Å². The minimum absolute atomic E-state index is 0.244. The SMILES string of the molecule is C[C@@]12C=C[C@@H](O1)[C@H](C(=O)O)[C@H]2C(=O)NNC(=O)c1ccc(NC(=O)c2ccccc2)cc1. The molecule has 4 rings (SSSR count). The zero-order valence-corrected chi connectivity index (χ0v) is 17.1. The molecule has 0 radical (unpaired) electrons. The molecule has 0 unspecified atom stereocenters. The lowest BCUT2D eigenvalue weighted by Gasteiger charge is -2.27. The van der Waals surface area contributed by atoms with E-state index in [9.17, 15) is 24.3 Å². The van der Waals surface area contributed by atoms with Crippen molar-refractivity contribution in [2.45, 2.75) is 18.6 Å². The minimum Gasteiger partial charge on any atom is -0.481 e. The van der Waals surface area contributed by atoms with Crippen molar-refractivity contribution in [3.63, 3.8) is 0 Å². The second-order valence-corrected chi connectivity index (χ2v) is 7.81. The highest BCUT2D eigenvalue weighted by atomic mass is 16.5.